The zero-order valence-electron chi connectivity index (χ0n) is 14.3. The molecule has 3 heteroatoms. The predicted octanol–water partition coefficient (Wildman–Crippen LogP) is 4.61. The molecule has 0 bridgehead atoms. The van der Waals surface area contributed by atoms with Crippen molar-refractivity contribution >= 4 is 17.7 Å². The highest BCUT2D eigenvalue weighted by Gasteiger charge is 2.24. The highest BCUT2D eigenvalue weighted by Crippen LogP contribution is 2.24. The van der Waals surface area contributed by atoms with E-state index in [-0.39, 0.29) is 16.7 Å². The Kier molecular flexibility index (Phi) is 5.89. The molecule has 122 valence electrons. The van der Waals surface area contributed by atoms with Crippen LogP contribution < -0.4 is 5.32 Å². The number of aryl methyl sites for hydroxylation is 1. The lowest BCUT2D eigenvalue weighted by Gasteiger charge is -2.28. The Labute approximate surface area is 143 Å². The second-order valence-electron chi connectivity index (χ2n) is 6.61. The summed E-state index contributed by atoms with van der Waals surface area (Å²) in [4.78, 5) is 13.6. The molecule has 2 aromatic carbocycles. The van der Waals surface area contributed by atoms with Gasteiger partial charge in [-0.05, 0) is 51.8 Å². The zero-order valence-corrected chi connectivity index (χ0v) is 15.1. The number of benzene rings is 2. The minimum Gasteiger partial charge on any atom is -0.350 e. The maximum absolute atomic E-state index is 12.5. The van der Waals surface area contributed by atoms with Gasteiger partial charge in [-0.15, -0.1) is 11.8 Å². The van der Waals surface area contributed by atoms with Crippen LogP contribution in [0.25, 0.3) is 0 Å². The maximum Gasteiger partial charge on any atom is 0.233 e. The monoisotopic (exact) mass is 327 g/mol. The van der Waals surface area contributed by atoms with E-state index in [0.717, 1.165) is 11.3 Å². The van der Waals surface area contributed by atoms with Gasteiger partial charge in [0, 0.05) is 10.4 Å². The van der Waals surface area contributed by atoms with Crippen LogP contribution in [0.4, 0.5) is 0 Å². The SMILES string of the molecule is Cc1ccc(S[C@H](C)C(=O)NC(C)(C)Cc2ccccc2)cc1. The van der Waals surface area contributed by atoms with E-state index in [2.05, 4.69) is 62.5 Å². The first-order valence-corrected chi connectivity index (χ1v) is 8.83. The molecule has 0 heterocycles. The Morgan fingerprint density at radius 2 is 1.70 bits per heavy atom. The van der Waals surface area contributed by atoms with Crippen molar-refractivity contribution < 1.29 is 4.79 Å². The second-order valence-corrected chi connectivity index (χ2v) is 8.02. The fourth-order valence-electron chi connectivity index (χ4n) is 2.46. The average molecular weight is 327 g/mol. The number of hydrogen-bond donors (Lipinski definition) is 1. The van der Waals surface area contributed by atoms with Crippen LogP contribution in [0.3, 0.4) is 0 Å². The molecule has 0 aliphatic carbocycles. The summed E-state index contributed by atoms with van der Waals surface area (Å²) in [5, 5.41) is 3.06. The Morgan fingerprint density at radius 1 is 1.09 bits per heavy atom. The third-order valence-corrected chi connectivity index (χ3v) is 4.77. The van der Waals surface area contributed by atoms with E-state index >= 15 is 0 Å². The summed E-state index contributed by atoms with van der Waals surface area (Å²) in [5.41, 5.74) is 2.20. The molecule has 2 aromatic rings. The summed E-state index contributed by atoms with van der Waals surface area (Å²) < 4.78 is 0. The topological polar surface area (TPSA) is 29.1 Å². The van der Waals surface area contributed by atoms with E-state index in [1.54, 1.807) is 11.8 Å². The highest BCUT2D eigenvalue weighted by atomic mass is 32.2. The molecule has 23 heavy (non-hydrogen) atoms. The lowest BCUT2D eigenvalue weighted by atomic mass is 9.95. The first-order chi connectivity index (χ1) is 10.9. The van der Waals surface area contributed by atoms with Gasteiger partial charge in [-0.2, -0.15) is 0 Å². The molecule has 1 N–H and O–H groups in total. The molecule has 2 nitrogen and oxygen atoms in total. The molecule has 0 unspecified atom stereocenters. The van der Waals surface area contributed by atoms with Crippen molar-refractivity contribution in [1.29, 1.82) is 0 Å². The average Bonchev–Trinajstić information content (AvgIpc) is 2.49. The minimum atomic E-state index is -0.263. The Balaban J connectivity index is 1.92. The quantitative estimate of drug-likeness (QED) is 0.785. The molecular formula is C20H25NOS. The van der Waals surface area contributed by atoms with Crippen molar-refractivity contribution in [3.8, 4) is 0 Å². The van der Waals surface area contributed by atoms with Crippen LogP contribution in [0.2, 0.25) is 0 Å². The van der Waals surface area contributed by atoms with Crippen LogP contribution in [0, 0.1) is 6.92 Å². The van der Waals surface area contributed by atoms with Gasteiger partial charge < -0.3 is 5.32 Å². The van der Waals surface area contributed by atoms with E-state index < -0.39 is 0 Å². The van der Waals surface area contributed by atoms with E-state index in [4.69, 9.17) is 0 Å². The first kappa shape index (κ1) is 17.6. The zero-order chi connectivity index (χ0) is 16.9. The molecule has 0 aliphatic rings. The van der Waals surface area contributed by atoms with Crippen molar-refractivity contribution in [3.63, 3.8) is 0 Å². The summed E-state index contributed by atoms with van der Waals surface area (Å²) in [6, 6.07) is 18.6. The third kappa shape index (κ3) is 5.76. The second kappa shape index (κ2) is 7.69. The van der Waals surface area contributed by atoms with Gasteiger partial charge in [0.25, 0.3) is 0 Å². The number of hydrogen-bond acceptors (Lipinski definition) is 2. The van der Waals surface area contributed by atoms with Crippen molar-refractivity contribution in [2.45, 2.75) is 49.8 Å². The molecule has 0 saturated carbocycles. The standard InChI is InChI=1S/C20H25NOS/c1-15-10-12-18(13-11-15)23-16(2)19(22)21-20(3,4)14-17-8-6-5-7-9-17/h5-13,16H,14H2,1-4H3,(H,21,22)/t16-/m1/s1. The van der Waals surface area contributed by atoms with E-state index in [0.29, 0.717) is 0 Å². The molecule has 1 atom stereocenters. The smallest absolute Gasteiger partial charge is 0.233 e. The molecule has 0 radical (unpaired) electrons. The highest BCUT2D eigenvalue weighted by molar-refractivity contribution is 8.00. The molecule has 0 aromatic heterocycles. The van der Waals surface area contributed by atoms with Crippen LogP contribution in [0.1, 0.15) is 31.9 Å². The number of amides is 1. The molecule has 0 spiro atoms. The van der Waals surface area contributed by atoms with Crippen LogP contribution >= 0.6 is 11.8 Å². The molecule has 1 amide bonds. The van der Waals surface area contributed by atoms with Crippen molar-refractivity contribution in [2.24, 2.45) is 0 Å². The van der Waals surface area contributed by atoms with E-state index in [1.165, 1.54) is 11.1 Å². The lowest BCUT2D eigenvalue weighted by Crippen LogP contribution is -2.47. The summed E-state index contributed by atoms with van der Waals surface area (Å²) in [7, 11) is 0. The van der Waals surface area contributed by atoms with Crippen molar-refractivity contribution in [3.05, 3.63) is 65.7 Å². The van der Waals surface area contributed by atoms with Crippen LogP contribution in [-0.2, 0) is 11.2 Å². The Hall–Kier alpha value is -1.74. The molecule has 0 fully saturated rings. The lowest BCUT2D eigenvalue weighted by molar-refractivity contribution is -0.121. The van der Waals surface area contributed by atoms with E-state index in [9.17, 15) is 4.79 Å². The largest absolute Gasteiger partial charge is 0.350 e. The normalized spacial score (nSPS) is 12.7. The van der Waals surface area contributed by atoms with Crippen molar-refractivity contribution in [1.82, 2.24) is 5.32 Å². The minimum absolute atomic E-state index is 0.0801. The van der Waals surface area contributed by atoms with E-state index in [1.807, 2.05) is 25.1 Å². The van der Waals surface area contributed by atoms with Gasteiger partial charge >= 0.3 is 0 Å². The molecule has 0 saturated heterocycles. The van der Waals surface area contributed by atoms with Gasteiger partial charge in [-0.3, -0.25) is 4.79 Å². The number of carbonyl (C=O) groups is 1. The fraction of sp³-hybridized carbons (Fsp3) is 0.350. The van der Waals surface area contributed by atoms with Gasteiger partial charge in [0.2, 0.25) is 5.91 Å². The fourth-order valence-corrected chi connectivity index (χ4v) is 3.33. The molecule has 0 aliphatic heterocycles. The number of nitrogens with one attached hydrogen (secondary N) is 1. The summed E-state index contributed by atoms with van der Waals surface area (Å²) in [6.45, 7) is 8.16. The molecule has 2 rings (SSSR count). The van der Waals surface area contributed by atoms with Gasteiger partial charge in [0.15, 0.2) is 0 Å². The predicted molar refractivity (Wildman–Crippen MR) is 98.9 cm³/mol. The summed E-state index contributed by atoms with van der Waals surface area (Å²) in [5.74, 6) is 0.0801. The van der Waals surface area contributed by atoms with Gasteiger partial charge in [-0.25, -0.2) is 0 Å². The summed E-state index contributed by atoms with van der Waals surface area (Å²) in [6.07, 6.45) is 0.821. The van der Waals surface area contributed by atoms with Gasteiger partial charge in [0.05, 0.1) is 5.25 Å². The van der Waals surface area contributed by atoms with Crippen molar-refractivity contribution in [2.75, 3.05) is 0 Å². The third-order valence-electron chi connectivity index (χ3n) is 3.65. The number of carbonyl (C=O) groups excluding carboxylic acids is 1. The van der Waals surface area contributed by atoms with Gasteiger partial charge in [-0.1, -0.05) is 48.0 Å². The Bertz CT molecular complexity index is 634. The number of rotatable bonds is 6. The molecular weight excluding hydrogens is 302 g/mol. The maximum atomic E-state index is 12.5. The van der Waals surface area contributed by atoms with Crippen LogP contribution in [-0.4, -0.2) is 16.7 Å². The van der Waals surface area contributed by atoms with Crippen LogP contribution in [0.15, 0.2) is 59.5 Å². The van der Waals surface area contributed by atoms with Crippen LogP contribution in [0.5, 0.6) is 0 Å². The summed E-state index contributed by atoms with van der Waals surface area (Å²) >= 11 is 1.60. The first-order valence-electron chi connectivity index (χ1n) is 7.95. The number of thioether (sulfide) groups is 1. The van der Waals surface area contributed by atoms with Gasteiger partial charge in [0.1, 0.15) is 0 Å². The Morgan fingerprint density at radius 3 is 2.30 bits per heavy atom.